The van der Waals surface area contributed by atoms with E-state index in [1.165, 1.54) is 57.8 Å². The Morgan fingerprint density at radius 3 is 2.39 bits per heavy atom. The highest BCUT2D eigenvalue weighted by Gasteiger charge is 2.27. The zero-order chi connectivity index (χ0) is 26.0. The Balaban J connectivity index is 1.54. The maximum absolute atomic E-state index is 12.4. The number of aliphatic hydroxyl groups is 1. The van der Waals surface area contributed by atoms with E-state index in [2.05, 4.69) is 34.4 Å². The highest BCUT2D eigenvalue weighted by atomic mass is 16.5. The van der Waals surface area contributed by atoms with Gasteiger partial charge in [-0.15, -0.1) is 0 Å². The number of nitrogen functional groups attached to an aromatic ring is 1. The molecule has 9 heteroatoms. The Labute approximate surface area is 215 Å². The summed E-state index contributed by atoms with van der Waals surface area (Å²) in [5, 5.41) is 12.4. The van der Waals surface area contributed by atoms with E-state index in [1.54, 1.807) is 4.90 Å². The SMILES string of the molecule is CCCCCCCCC=CCCCCCCCC(=O)OC(CCO)CN1CNc2c1nc(N)[nH]c2=O. The lowest BCUT2D eigenvalue weighted by Crippen LogP contribution is -2.36. The number of allylic oxidation sites excluding steroid dienone is 2. The number of carbonyl (C=O) groups excluding carboxylic acids is 1. The number of unbranched alkanes of at least 4 members (excludes halogenated alkanes) is 11. The molecular formula is C27H47N5O4. The summed E-state index contributed by atoms with van der Waals surface area (Å²) in [5.74, 6) is 0.219. The average molecular weight is 506 g/mol. The van der Waals surface area contributed by atoms with E-state index in [4.69, 9.17) is 10.5 Å². The van der Waals surface area contributed by atoms with Gasteiger partial charge in [0.05, 0.1) is 13.2 Å². The average Bonchev–Trinajstić information content (AvgIpc) is 3.24. The third-order valence-electron chi connectivity index (χ3n) is 6.48. The van der Waals surface area contributed by atoms with E-state index in [0.29, 0.717) is 37.6 Å². The molecule has 0 aliphatic carbocycles. The van der Waals surface area contributed by atoms with Gasteiger partial charge in [0.2, 0.25) is 5.95 Å². The minimum atomic E-state index is -0.485. The summed E-state index contributed by atoms with van der Waals surface area (Å²) in [6, 6.07) is 0. The van der Waals surface area contributed by atoms with E-state index >= 15 is 0 Å². The van der Waals surface area contributed by atoms with Gasteiger partial charge in [0.15, 0.2) is 5.82 Å². The number of anilines is 3. The van der Waals surface area contributed by atoms with Crippen molar-refractivity contribution < 1.29 is 14.6 Å². The number of nitrogens with zero attached hydrogens (tertiary/aromatic N) is 2. The van der Waals surface area contributed by atoms with Crippen molar-refractivity contribution in [3.05, 3.63) is 22.5 Å². The molecule has 0 bridgehead atoms. The lowest BCUT2D eigenvalue weighted by Gasteiger charge is -2.24. The first-order valence-electron chi connectivity index (χ1n) is 13.9. The fraction of sp³-hybridized carbons (Fsp3) is 0.741. The van der Waals surface area contributed by atoms with Crippen molar-refractivity contribution in [2.24, 2.45) is 0 Å². The number of aliphatic hydroxyl groups excluding tert-OH is 1. The summed E-state index contributed by atoms with van der Waals surface area (Å²) in [6.07, 6.45) is 20.6. The van der Waals surface area contributed by atoms with Crippen LogP contribution in [0.2, 0.25) is 0 Å². The first kappa shape index (κ1) is 29.7. The van der Waals surface area contributed by atoms with Crippen LogP contribution in [0.1, 0.15) is 103 Å². The Morgan fingerprint density at radius 2 is 1.72 bits per heavy atom. The monoisotopic (exact) mass is 505 g/mol. The van der Waals surface area contributed by atoms with E-state index in [0.717, 1.165) is 25.7 Å². The quantitative estimate of drug-likeness (QED) is 0.112. The van der Waals surface area contributed by atoms with Crippen molar-refractivity contribution in [1.82, 2.24) is 9.97 Å². The van der Waals surface area contributed by atoms with Gasteiger partial charge in [-0.3, -0.25) is 14.6 Å². The van der Waals surface area contributed by atoms with Crippen LogP contribution in [0.4, 0.5) is 17.5 Å². The molecule has 1 unspecified atom stereocenters. The second kappa shape index (κ2) is 17.8. The molecule has 204 valence electrons. The predicted molar refractivity (Wildman–Crippen MR) is 146 cm³/mol. The summed E-state index contributed by atoms with van der Waals surface area (Å²) < 4.78 is 5.62. The molecule has 1 atom stereocenters. The van der Waals surface area contributed by atoms with Gasteiger partial charge in [-0.1, -0.05) is 70.4 Å². The normalized spacial score (nSPS) is 13.7. The molecule has 0 aromatic carbocycles. The summed E-state index contributed by atoms with van der Waals surface area (Å²) in [5.41, 5.74) is 5.68. The molecule has 0 saturated heterocycles. The number of nitrogens with two attached hydrogens (primary N) is 1. The van der Waals surface area contributed by atoms with Gasteiger partial charge in [0.25, 0.3) is 5.56 Å². The Bertz CT molecular complexity index is 842. The van der Waals surface area contributed by atoms with Gasteiger partial charge in [-0.25, -0.2) is 0 Å². The zero-order valence-electron chi connectivity index (χ0n) is 22.1. The topological polar surface area (TPSA) is 134 Å². The molecule has 1 aliphatic rings. The second-order valence-electron chi connectivity index (χ2n) is 9.67. The molecule has 9 nitrogen and oxygen atoms in total. The van der Waals surface area contributed by atoms with Gasteiger partial charge < -0.3 is 25.8 Å². The fourth-order valence-corrected chi connectivity index (χ4v) is 4.43. The van der Waals surface area contributed by atoms with E-state index in [9.17, 15) is 14.7 Å². The molecule has 0 fully saturated rings. The standard InChI is InChI=1S/C27H47N5O4/c1-2-3-4-5-6-7-8-9-10-11-12-13-14-15-16-17-23(34)36-22(18-19-33)20-32-21-29-24-25(32)30-27(28)31-26(24)35/h9-10,22,29,33H,2-8,11-21H2,1H3,(H3,28,30,31,35). The number of hydrogen-bond acceptors (Lipinski definition) is 8. The number of nitrogens with one attached hydrogen (secondary N) is 2. The zero-order valence-corrected chi connectivity index (χ0v) is 22.1. The van der Waals surface area contributed by atoms with Crippen LogP contribution < -0.4 is 21.5 Å². The first-order chi connectivity index (χ1) is 17.5. The number of hydrogen-bond donors (Lipinski definition) is 4. The third-order valence-corrected chi connectivity index (χ3v) is 6.48. The van der Waals surface area contributed by atoms with Gasteiger partial charge >= 0.3 is 5.97 Å². The van der Waals surface area contributed by atoms with Crippen LogP contribution in [-0.2, 0) is 9.53 Å². The van der Waals surface area contributed by atoms with Crippen LogP contribution in [0.25, 0.3) is 0 Å². The molecule has 36 heavy (non-hydrogen) atoms. The minimum absolute atomic E-state index is 0.0346. The lowest BCUT2D eigenvalue weighted by molar-refractivity contribution is -0.149. The number of aromatic nitrogens is 2. The number of H-pyrrole nitrogens is 1. The number of aromatic amines is 1. The summed E-state index contributed by atoms with van der Waals surface area (Å²) in [7, 11) is 0. The van der Waals surface area contributed by atoms with Crippen molar-refractivity contribution in [2.75, 3.05) is 35.8 Å². The molecule has 1 aliphatic heterocycles. The van der Waals surface area contributed by atoms with Crippen LogP contribution >= 0.6 is 0 Å². The fourth-order valence-electron chi connectivity index (χ4n) is 4.43. The molecule has 1 aromatic heterocycles. The second-order valence-corrected chi connectivity index (χ2v) is 9.67. The molecule has 1 aromatic rings. The van der Waals surface area contributed by atoms with E-state index < -0.39 is 6.10 Å². The molecule has 0 radical (unpaired) electrons. The highest BCUT2D eigenvalue weighted by molar-refractivity contribution is 5.71. The van der Waals surface area contributed by atoms with Crippen LogP contribution in [-0.4, -0.2) is 47.0 Å². The summed E-state index contributed by atoms with van der Waals surface area (Å²) in [4.78, 5) is 32.8. The number of carbonyl (C=O) groups is 1. The molecule has 5 N–H and O–H groups in total. The maximum Gasteiger partial charge on any atom is 0.306 e. The predicted octanol–water partition coefficient (Wildman–Crippen LogP) is 4.87. The van der Waals surface area contributed by atoms with Crippen molar-refractivity contribution in [3.8, 4) is 0 Å². The molecule has 0 amide bonds. The number of rotatable bonds is 20. The molecule has 0 saturated carbocycles. The highest BCUT2D eigenvalue weighted by Crippen LogP contribution is 2.26. The van der Waals surface area contributed by atoms with Gasteiger partial charge in [-0.05, 0) is 32.1 Å². The Kier molecular flexibility index (Phi) is 14.7. The summed E-state index contributed by atoms with van der Waals surface area (Å²) >= 11 is 0. The smallest absolute Gasteiger partial charge is 0.306 e. The lowest BCUT2D eigenvalue weighted by atomic mass is 10.1. The van der Waals surface area contributed by atoms with Gasteiger partial charge in [-0.2, -0.15) is 4.98 Å². The van der Waals surface area contributed by atoms with E-state index in [-0.39, 0.29) is 24.1 Å². The molecular weight excluding hydrogens is 458 g/mol. The van der Waals surface area contributed by atoms with Crippen LogP contribution in [0.15, 0.2) is 16.9 Å². The third kappa shape index (κ3) is 11.5. The van der Waals surface area contributed by atoms with Gasteiger partial charge in [0.1, 0.15) is 11.8 Å². The van der Waals surface area contributed by atoms with Crippen molar-refractivity contribution >= 4 is 23.4 Å². The molecule has 2 rings (SSSR count). The number of fused-ring (bicyclic) bond motifs is 1. The van der Waals surface area contributed by atoms with Crippen molar-refractivity contribution in [1.29, 1.82) is 0 Å². The molecule has 2 heterocycles. The van der Waals surface area contributed by atoms with Crippen LogP contribution in [0, 0.1) is 0 Å². The number of ether oxygens (including phenoxy) is 1. The summed E-state index contributed by atoms with van der Waals surface area (Å²) in [6.45, 7) is 2.85. The Morgan fingerprint density at radius 1 is 1.08 bits per heavy atom. The van der Waals surface area contributed by atoms with Gasteiger partial charge in [0, 0.05) is 19.4 Å². The Hall–Kier alpha value is -2.55. The van der Waals surface area contributed by atoms with Crippen molar-refractivity contribution in [3.63, 3.8) is 0 Å². The molecule has 0 spiro atoms. The van der Waals surface area contributed by atoms with Crippen LogP contribution in [0.5, 0.6) is 0 Å². The maximum atomic E-state index is 12.4. The van der Waals surface area contributed by atoms with Crippen LogP contribution in [0.3, 0.4) is 0 Å². The number of esters is 1. The first-order valence-corrected chi connectivity index (χ1v) is 13.9. The van der Waals surface area contributed by atoms with Crippen molar-refractivity contribution in [2.45, 2.75) is 109 Å². The minimum Gasteiger partial charge on any atom is -0.460 e. The largest absolute Gasteiger partial charge is 0.460 e. The van der Waals surface area contributed by atoms with E-state index in [1.807, 2.05) is 0 Å².